The summed E-state index contributed by atoms with van der Waals surface area (Å²) >= 11 is 0. The minimum Gasteiger partial charge on any atom is -0.340 e. The molecule has 0 aliphatic rings. The second-order valence-electron chi connectivity index (χ2n) is 6.55. The minimum atomic E-state index is -0.384. The maximum Gasteiger partial charge on any atom is 0.274 e. The van der Waals surface area contributed by atoms with E-state index in [9.17, 15) is 9.18 Å². The predicted molar refractivity (Wildman–Crippen MR) is 105 cm³/mol. The van der Waals surface area contributed by atoms with Crippen LogP contribution in [0.5, 0.6) is 0 Å². The molecule has 0 fully saturated rings. The number of aryl methyl sites for hydroxylation is 1. The van der Waals surface area contributed by atoms with Crippen LogP contribution < -0.4 is 10.6 Å². The summed E-state index contributed by atoms with van der Waals surface area (Å²) in [6, 6.07) is 15.2. The van der Waals surface area contributed by atoms with Gasteiger partial charge in [0.1, 0.15) is 23.2 Å². The first kappa shape index (κ1) is 18.5. The summed E-state index contributed by atoms with van der Waals surface area (Å²) in [7, 11) is 0. The Morgan fingerprint density at radius 2 is 1.59 bits per heavy atom. The monoisotopic (exact) mass is 364 g/mol. The second-order valence-corrected chi connectivity index (χ2v) is 6.55. The van der Waals surface area contributed by atoms with E-state index in [1.54, 1.807) is 13.0 Å². The molecule has 3 rings (SSSR count). The first-order chi connectivity index (χ1) is 12.9. The van der Waals surface area contributed by atoms with Crippen molar-refractivity contribution >= 4 is 23.1 Å². The number of halogens is 1. The number of anilines is 3. The van der Waals surface area contributed by atoms with Crippen molar-refractivity contribution in [3.8, 4) is 0 Å². The largest absolute Gasteiger partial charge is 0.340 e. The molecule has 0 spiro atoms. The van der Waals surface area contributed by atoms with Crippen LogP contribution in [0.4, 0.5) is 21.6 Å². The van der Waals surface area contributed by atoms with E-state index in [-0.39, 0.29) is 17.4 Å². The lowest BCUT2D eigenvalue weighted by molar-refractivity contribution is 0.102. The Kier molecular flexibility index (Phi) is 5.45. The van der Waals surface area contributed by atoms with Gasteiger partial charge in [0.05, 0.1) is 0 Å². The molecular weight excluding hydrogens is 343 g/mol. The van der Waals surface area contributed by atoms with Crippen LogP contribution in [-0.2, 0) is 0 Å². The fourth-order valence-corrected chi connectivity index (χ4v) is 2.58. The van der Waals surface area contributed by atoms with Gasteiger partial charge in [0.2, 0.25) is 0 Å². The van der Waals surface area contributed by atoms with Gasteiger partial charge in [0, 0.05) is 17.4 Å². The van der Waals surface area contributed by atoms with Gasteiger partial charge >= 0.3 is 0 Å². The number of carbonyl (C=O) groups excluding carboxylic acids is 1. The topological polar surface area (TPSA) is 66.9 Å². The molecule has 138 valence electrons. The van der Waals surface area contributed by atoms with Gasteiger partial charge in [-0.15, -0.1) is 0 Å². The highest BCUT2D eigenvalue weighted by Crippen LogP contribution is 2.20. The second kappa shape index (κ2) is 7.95. The molecule has 1 aromatic heterocycles. The number of hydrogen-bond donors (Lipinski definition) is 2. The molecule has 0 aliphatic carbocycles. The highest BCUT2D eigenvalue weighted by molar-refractivity contribution is 6.03. The first-order valence-electron chi connectivity index (χ1n) is 8.70. The number of benzene rings is 2. The maximum absolute atomic E-state index is 13.0. The van der Waals surface area contributed by atoms with Crippen molar-refractivity contribution in [2.24, 2.45) is 0 Å². The smallest absolute Gasteiger partial charge is 0.274 e. The number of hydrogen-bond acceptors (Lipinski definition) is 4. The van der Waals surface area contributed by atoms with E-state index in [0.717, 1.165) is 5.69 Å². The number of amides is 1. The molecule has 2 aromatic carbocycles. The van der Waals surface area contributed by atoms with E-state index in [0.29, 0.717) is 23.2 Å². The van der Waals surface area contributed by atoms with Gasteiger partial charge in [0.15, 0.2) is 0 Å². The van der Waals surface area contributed by atoms with Crippen LogP contribution in [0.1, 0.15) is 41.6 Å². The van der Waals surface area contributed by atoms with Gasteiger partial charge in [-0.3, -0.25) is 4.79 Å². The van der Waals surface area contributed by atoms with E-state index in [2.05, 4.69) is 46.6 Å². The van der Waals surface area contributed by atoms with Crippen molar-refractivity contribution in [2.75, 3.05) is 10.6 Å². The summed E-state index contributed by atoms with van der Waals surface area (Å²) in [5.74, 6) is 0.723. The molecule has 0 bridgehead atoms. The lowest BCUT2D eigenvalue weighted by Crippen LogP contribution is -2.15. The van der Waals surface area contributed by atoms with Crippen LogP contribution in [-0.4, -0.2) is 15.9 Å². The molecule has 0 radical (unpaired) electrons. The summed E-state index contributed by atoms with van der Waals surface area (Å²) in [4.78, 5) is 21.0. The van der Waals surface area contributed by atoms with Crippen LogP contribution in [0.15, 0.2) is 54.6 Å². The predicted octanol–water partition coefficient (Wildman–Crippen LogP) is 5.04. The van der Waals surface area contributed by atoms with Crippen molar-refractivity contribution in [1.82, 2.24) is 9.97 Å². The standard InChI is InChI=1S/C21H21FN4O/c1-13(2)15-4-8-17(9-5-15)25-20-12-19(23-14(3)24-20)21(27)26-18-10-6-16(22)7-11-18/h4-13H,1-3H3,(H,26,27)(H,23,24,25). The summed E-state index contributed by atoms with van der Waals surface area (Å²) in [6.45, 7) is 6.01. The third kappa shape index (κ3) is 4.88. The Morgan fingerprint density at radius 3 is 2.22 bits per heavy atom. The maximum atomic E-state index is 13.0. The molecule has 0 atom stereocenters. The summed E-state index contributed by atoms with van der Waals surface area (Å²) in [5.41, 5.74) is 2.85. The van der Waals surface area contributed by atoms with Crippen molar-refractivity contribution < 1.29 is 9.18 Å². The van der Waals surface area contributed by atoms with Gasteiger partial charge in [0.25, 0.3) is 5.91 Å². The van der Waals surface area contributed by atoms with Crippen LogP contribution in [0.2, 0.25) is 0 Å². The van der Waals surface area contributed by atoms with Gasteiger partial charge in [-0.05, 0) is 54.8 Å². The zero-order valence-electron chi connectivity index (χ0n) is 15.5. The molecule has 0 saturated heterocycles. The molecule has 0 aliphatic heterocycles. The average Bonchev–Trinajstić information content (AvgIpc) is 2.63. The van der Waals surface area contributed by atoms with Crippen LogP contribution in [0, 0.1) is 12.7 Å². The van der Waals surface area contributed by atoms with Crippen LogP contribution in [0.25, 0.3) is 0 Å². The first-order valence-corrected chi connectivity index (χ1v) is 8.70. The highest BCUT2D eigenvalue weighted by Gasteiger charge is 2.11. The SMILES string of the molecule is Cc1nc(Nc2ccc(C(C)C)cc2)cc(C(=O)Nc2ccc(F)cc2)n1. The third-order valence-electron chi connectivity index (χ3n) is 4.02. The Bertz CT molecular complexity index is 937. The highest BCUT2D eigenvalue weighted by atomic mass is 19.1. The van der Waals surface area contributed by atoms with Gasteiger partial charge < -0.3 is 10.6 Å². The average molecular weight is 364 g/mol. The summed E-state index contributed by atoms with van der Waals surface area (Å²) in [5, 5.41) is 5.90. The van der Waals surface area contributed by atoms with E-state index in [1.807, 2.05) is 12.1 Å². The third-order valence-corrected chi connectivity index (χ3v) is 4.02. The Labute approximate surface area is 157 Å². The molecule has 3 aromatic rings. The van der Waals surface area contributed by atoms with Gasteiger partial charge in [-0.2, -0.15) is 0 Å². The van der Waals surface area contributed by atoms with Crippen molar-refractivity contribution in [2.45, 2.75) is 26.7 Å². The number of rotatable bonds is 5. The Morgan fingerprint density at radius 1 is 0.963 bits per heavy atom. The lowest BCUT2D eigenvalue weighted by atomic mass is 10.0. The van der Waals surface area contributed by atoms with Crippen molar-refractivity contribution in [1.29, 1.82) is 0 Å². The fourth-order valence-electron chi connectivity index (χ4n) is 2.58. The quantitative estimate of drug-likeness (QED) is 0.665. The molecule has 2 N–H and O–H groups in total. The van der Waals surface area contributed by atoms with Crippen LogP contribution >= 0.6 is 0 Å². The molecule has 27 heavy (non-hydrogen) atoms. The zero-order valence-corrected chi connectivity index (χ0v) is 15.5. The lowest BCUT2D eigenvalue weighted by Gasteiger charge is -2.11. The molecule has 1 heterocycles. The summed E-state index contributed by atoms with van der Waals surface area (Å²) in [6.07, 6.45) is 0. The zero-order chi connectivity index (χ0) is 19.4. The van der Waals surface area contributed by atoms with Gasteiger partial charge in [-0.25, -0.2) is 14.4 Å². The fraction of sp³-hybridized carbons (Fsp3) is 0.190. The molecule has 0 unspecified atom stereocenters. The molecular formula is C21H21FN4O. The van der Waals surface area contributed by atoms with Crippen LogP contribution in [0.3, 0.4) is 0 Å². The van der Waals surface area contributed by atoms with E-state index < -0.39 is 0 Å². The molecule has 0 saturated carbocycles. The van der Waals surface area contributed by atoms with Gasteiger partial charge in [-0.1, -0.05) is 26.0 Å². The number of carbonyl (C=O) groups is 1. The number of nitrogens with one attached hydrogen (secondary N) is 2. The van der Waals surface area contributed by atoms with E-state index in [1.165, 1.54) is 29.8 Å². The van der Waals surface area contributed by atoms with Crippen molar-refractivity contribution in [3.05, 3.63) is 77.5 Å². The van der Waals surface area contributed by atoms with Crippen molar-refractivity contribution in [3.63, 3.8) is 0 Å². The minimum absolute atomic E-state index is 0.230. The van der Waals surface area contributed by atoms with E-state index in [4.69, 9.17) is 0 Å². The molecule has 5 nitrogen and oxygen atoms in total. The molecule has 6 heteroatoms. The molecule has 1 amide bonds. The Hall–Kier alpha value is -3.28. The number of aromatic nitrogens is 2. The normalized spacial score (nSPS) is 10.7. The van der Waals surface area contributed by atoms with E-state index >= 15 is 0 Å². The summed E-state index contributed by atoms with van der Waals surface area (Å²) < 4.78 is 13.0. The number of nitrogens with zero attached hydrogens (tertiary/aromatic N) is 2. The Balaban J connectivity index is 1.77.